The van der Waals surface area contributed by atoms with Crippen LogP contribution in [0.5, 0.6) is 5.75 Å². The van der Waals surface area contributed by atoms with Gasteiger partial charge in [0.2, 0.25) is 0 Å². The van der Waals surface area contributed by atoms with Crippen LogP contribution in [-0.4, -0.2) is 41.3 Å². The van der Waals surface area contributed by atoms with E-state index >= 15 is 0 Å². The third-order valence-electron chi connectivity index (χ3n) is 2.23. The number of rotatable bonds is 7. The molecule has 1 atom stereocenters. The molecule has 104 valence electrons. The molecule has 0 aromatic heterocycles. The molecule has 0 fully saturated rings. The maximum atomic E-state index is 12.6. The van der Waals surface area contributed by atoms with Crippen LogP contribution in [0.25, 0.3) is 0 Å². The first-order chi connectivity index (χ1) is 9.02. The van der Waals surface area contributed by atoms with Crippen LogP contribution in [0.3, 0.4) is 0 Å². The molecule has 3 N–H and O–H groups in total. The summed E-state index contributed by atoms with van der Waals surface area (Å²) in [5.41, 5.74) is 0. The van der Waals surface area contributed by atoms with Crippen molar-refractivity contribution in [2.45, 2.75) is 12.5 Å². The first kappa shape index (κ1) is 14.9. The van der Waals surface area contributed by atoms with Crippen molar-refractivity contribution in [3.05, 3.63) is 30.1 Å². The number of carbonyl (C=O) groups excluding carboxylic acids is 1. The maximum absolute atomic E-state index is 12.6. The Morgan fingerprint density at radius 1 is 1.32 bits per heavy atom. The van der Waals surface area contributed by atoms with Crippen LogP contribution in [-0.2, 0) is 9.59 Å². The van der Waals surface area contributed by atoms with Crippen LogP contribution in [0, 0.1) is 5.82 Å². The minimum absolute atomic E-state index is 0.0857. The Kier molecular flexibility index (Phi) is 5.74. The van der Waals surface area contributed by atoms with Crippen LogP contribution >= 0.6 is 0 Å². The lowest BCUT2D eigenvalue weighted by atomic mass is 10.2. The van der Waals surface area contributed by atoms with Gasteiger partial charge in [0, 0.05) is 13.0 Å². The predicted molar refractivity (Wildman–Crippen MR) is 63.2 cm³/mol. The Labute approximate surface area is 108 Å². The highest BCUT2D eigenvalue weighted by atomic mass is 19.1. The number of halogens is 1. The molecule has 0 aliphatic carbocycles. The van der Waals surface area contributed by atoms with E-state index in [-0.39, 0.29) is 19.6 Å². The monoisotopic (exact) mass is 271 g/mol. The number of benzene rings is 1. The van der Waals surface area contributed by atoms with Gasteiger partial charge in [-0.3, -0.25) is 4.79 Å². The van der Waals surface area contributed by atoms with Gasteiger partial charge in [-0.2, -0.15) is 0 Å². The number of carboxylic acids is 1. The number of amides is 1. The van der Waals surface area contributed by atoms with Gasteiger partial charge >= 0.3 is 5.97 Å². The van der Waals surface area contributed by atoms with E-state index in [2.05, 4.69) is 5.32 Å². The van der Waals surface area contributed by atoms with E-state index in [0.717, 1.165) is 0 Å². The number of ether oxygens (including phenoxy) is 1. The minimum atomic E-state index is -1.23. The highest BCUT2D eigenvalue weighted by Gasteiger charge is 2.19. The number of hydrogen-bond acceptors (Lipinski definition) is 4. The molecule has 0 bridgehead atoms. The van der Waals surface area contributed by atoms with Crippen molar-refractivity contribution in [3.8, 4) is 5.75 Å². The second-order valence-corrected chi connectivity index (χ2v) is 3.71. The van der Waals surface area contributed by atoms with Crippen molar-refractivity contribution in [2.24, 2.45) is 0 Å². The second-order valence-electron chi connectivity index (χ2n) is 3.71. The fraction of sp³-hybridized carbons (Fsp3) is 0.333. The quantitative estimate of drug-likeness (QED) is 0.656. The van der Waals surface area contributed by atoms with Gasteiger partial charge in [-0.1, -0.05) is 0 Å². The Bertz CT molecular complexity index is 434. The number of hydrogen-bond donors (Lipinski definition) is 3. The Hall–Kier alpha value is -2.15. The molecular formula is C12H14FNO5. The van der Waals surface area contributed by atoms with E-state index < -0.39 is 23.7 Å². The van der Waals surface area contributed by atoms with Gasteiger partial charge in [0.15, 0.2) is 6.61 Å². The standard InChI is InChI=1S/C12H14FNO5/c13-8-1-3-9(4-2-8)19-7-11(16)14-10(5-6-15)12(17)18/h1-4,10,15H,5-7H2,(H,14,16)(H,17,18). The number of aliphatic hydroxyl groups excluding tert-OH is 1. The molecule has 0 aliphatic heterocycles. The molecule has 1 aromatic rings. The molecule has 7 heteroatoms. The zero-order chi connectivity index (χ0) is 14.3. The molecule has 1 unspecified atom stereocenters. The molecule has 6 nitrogen and oxygen atoms in total. The number of carbonyl (C=O) groups is 2. The summed E-state index contributed by atoms with van der Waals surface area (Å²) >= 11 is 0. The van der Waals surface area contributed by atoms with Gasteiger partial charge in [-0.05, 0) is 24.3 Å². The van der Waals surface area contributed by atoms with Crippen molar-refractivity contribution in [1.82, 2.24) is 5.32 Å². The SMILES string of the molecule is O=C(COc1ccc(F)cc1)NC(CCO)C(=O)O. The van der Waals surface area contributed by atoms with Gasteiger partial charge in [-0.15, -0.1) is 0 Å². The van der Waals surface area contributed by atoms with Crippen LogP contribution in [0.2, 0.25) is 0 Å². The topological polar surface area (TPSA) is 95.9 Å². The van der Waals surface area contributed by atoms with Crippen LogP contribution in [0.4, 0.5) is 4.39 Å². The molecule has 0 radical (unpaired) electrons. The molecular weight excluding hydrogens is 257 g/mol. The third kappa shape index (κ3) is 5.35. The first-order valence-electron chi connectivity index (χ1n) is 5.54. The molecule has 19 heavy (non-hydrogen) atoms. The predicted octanol–water partition coefficient (Wildman–Crippen LogP) is 0.156. The Morgan fingerprint density at radius 2 is 1.95 bits per heavy atom. The Morgan fingerprint density at radius 3 is 2.47 bits per heavy atom. The number of aliphatic hydroxyl groups is 1. The van der Waals surface area contributed by atoms with Gasteiger partial charge in [0.25, 0.3) is 5.91 Å². The fourth-order valence-corrected chi connectivity index (χ4v) is 1.30. The fourth-order valence-electron chi connectivity index (χ4n) is 1.30. The van der Waals surface area contributed by atoms with Gasteiger partial charge < -0.3 is 20.3 Å². The lowest BCUT2D eigenvalue weighted by Crippen LogP contribution is -2.43. The smallest absolute Gasteiger partial charge is 0.326 e. The van der Waals surface area contributed by atoms with E-state index in [1.807, 2.05) is 0 Å². The molecule has 0 saturated heterocycles. The van der Waals surface area contributed by atoms with E-state index in [1.54, 1.807) is 0 Å². The van der Waals surface area contributed by atoms with Crippen molar-refractivity contribution in [3.63, 3.8) is 0 Å². The first-order valence-corrected chi connectivity index (χ1v) is 5.54. The van der Waals surface area contributed by atoms with Gasteiger partial charge in [-0.25, -0.2) is 9.18 Å². The maximum Gasteiger partial charge on any atom is 0.326 e. The van der Waals surface area contributed by atoms with Crippen LogP contribution < -0.4 is 10.1 Å². The molecule has 1 rings (SSSR count). The summed E-state index contributed by atoms with van der Waals surface area (Å²) < 4.78 is 17.7. The lowest BCUT2D eigenvalue weighted by molar-refractivity contribution is -0.142. The van der Waals surface area contributed by atoms with Crippen molar-refractivity contribution < 1.29 is 28.9 Å². The summed E-state index contributed by atoms with van der Waals surface area (Å²) in [6.07, 6.45) is -0.0857. The number of aliphatic carboxylic acids is 1. The summed E-state index contributed by atoms with van der Waals surface area (Å²) in [7, 11) is 0. The minimum Gasteiger partial charge on any atom is -0.484 e. The van der Waals surface area contributed by atoms with Crippen molar-refractivity contribution >= 4 is 11.9 Å². The summed E-state index contributed by atoms with van der Waals surface area (Å²) in [6, 6.07) is 3.91. The zero-order valence-electron chi connectivity index (χ0n) is 10.0. The van der Waals surface area contributed by atoms with Gasteiger partial charge in [0.05, 0.1) is 0 Å². The molecule has 0 heterocycles. The van der Waals surface area contributed by atoms with Crippen LogP contribution in [0.15, 0.2) is 24.3 Å². The van der Waals surface area contributed by atoms with Gasteiger partial charge in [0.1, 0.15) is 17.6 Å². The van der Waals surface area contributed by atoms with E-state index in [1.165, 1.54) is 24.3 Å². The van der Waals surface area contributed by atoms with Crippen LogP contribution in [0.1, 0.15) is 6.42 Å². The summed E-state index contributed by atoms with van der Waals surface area (Å²) in [5, 5.41) is 19.6. The van der Waals surface area contributed by atoms with E-state index in [9.17, 15) is 14.0 Å². The second kappa shape index (κ2) is 7.32. The third-order valence-corrected chi connectivity index (χ3v) is 2.23. The molecule has 1 amide bonds. The number of carboxylic acid groups (broad SMARTS) is 1. The summed E-state index contributed by atoms with van der Waals surface area (Å²) in [5.74, 6) is -1.99. The van der Waals surface area contributed by atoms with E-state index in [4.69, 9.17) is 14.9 Å². The molecule has 1 aromatic carbocycles. The highest BCUT2D eigenvalue weighted by Crippen LogP contribution is 2.10. The normalized spacial score (nSPS) is 11.7. The lowest BCUT2D eigenvalue weighted by Gasteiger charge is -2.13. The molecule has 0 saturated carbocycles. The average molecular weight is 271 g/mol. The van der Waals surface area contributed by atoms with Crippen molar-refractivity contribution in [2.75, 3.05) is 13.2 Å². The largest absolute Gasteiger partial charge is 0.484 e. The molecule has 0 spiro atoms. The Balaban J connectivity index is 2.42. The zero-order valence-corrected chi connectivity index (χ0v) is 10.0. The highest BCUT2D eigenvalue weighted by molar-refractivity contribution is 5.84. The summed E-state index contributed by atoms with van der Waals surface area (Å²) in [6.45, 7) is -0.739. The molecule has 0 aliphatic rings. The van der Waals surface area contributed by atoms with E-state index in [0.29, 0.717) is 5.75 Å². The summed E-state index contributed by atoms with van der Waals surface area (Å²) in [4.78, 5) is 22.1. The van der Waals surface area contributed by atoms with Crippen molar-refractivity contribution in [1.29, 1.82) is 0 Å². The average Bonchev–Trinajstić information content (AvgIpc) is 2.37. The number of nitrogens with one attached hydrogen (secondary N) is 1.